The maximum atomic E-state index is 13.1. The normalized spacial score (nSPS) is 27.3. The van der Waals surface area contributed by atoms with Gasteiger partial charge in [0.25, 0.3) is 0 Å². The first-order valence-electron chi connectivity index (χ1n) is 10.8. The third-order valence-corrected chi connectivity index (χ3v) is 6.79. The van der Waals surface area contributed by atoms with E-state index in [9.17, 15) is 14.4 Å². The van der Waals surface area contributed by atoms with Crippen molar-refractivity contribution in [3.05, 3.63) is 0 Å². The van der Waals surface area contributed by atoms with Gasteiger partial charge >= 0.3 is 0 Å². The molecule has 3 aliphatic rings. The zero-order valence-corrected chi connectivity index (χ0v) is 17.0. The van der Waals surface area contributed by atoms with Crippen molar-refractivity contribution in [1.82, 2.24) is 14.7 Å². The second kappa shape index (κ2) is 8.61. The van der Waals surface area contributed by atoms with Crippen LogP contribution in [0.15, 0.2) is 0 Å². The molecule has 0 saturated carbocycles. The van der Waals surface area contributed by atoms with Crippen LogP contribution in [0.25, 0.3) is 0 Å². The molecule has 0 aromatic carbocycles. The van der Waals surface area contributed by atoms with Crippen LogP contribution in [-0.4, -0.2) is 71.7 Å². The van der Waals surface area contributed by atoms with Gasteiger partial charge in [-0.1, -0.05) is 13.3 Å². The number of hydrogen-bond donors (Lipinski definition) is 0. The summed E-state index contributed by atoms with van der Waals surface area (Å²) in [4.78, 5) is 42.9. The highest BCUT2D eigenvalue weighted by atomic mass is 16.2. The van der Waals surface area contributed by atoms with Crippen molar-refractivity contribution in [2.75, 3.05) is 39.3 Å². The first-order valence-corrected chi connectivity index (χ1v) is 10.8. The molecule has 1 atom stereocenters. The summed E-state index contributed by atoms with van der Waals surface area (Å²) in [6, 6.07) is 0. The summed E-state index contributed by atoms with van der Waals surface area (Å²) in [5, 5.41) is 0. The number of likely N-dealkylation sites (tertiary alicyclic amines) is 3. The summed E-state index contributed by atoms with van der Waals surface area (Å²) >= 11 is 0. The van der Waals surface area contributed by atoms with Crippen LogP contribution in [0.4, 0.5) is 0 Å². The minimum Gasteiger partial charge on any atom is -0.343 e. The third-order valence-electron chi connectivity index (χ3n) is 6.79. The van der Waals surface area contributed by atoms with Crippen molar-refractivity contribution in [3.8, 4) is 0 Å². The van der Waals surface area contributed by atoms with Crippen molar-refractivity contribution >= 4 is 17.7 Å². The first-order chi connectivity index (χ1) is 12.9. The summed E-state index contributed by atoms with van der Waals surface area (Å²) in [6.07, 6.45) is 7.42. The number of unbranched alkanes of at least 4 members (excludes halogenated alkanes) is 1. The van der Waals surface area contributed by atoms with Crippen LogP contribution in [-0.2, 0) is 14.4 Å². The number of carbonyl (C=O) groups is 3. The number of hydrogen-bond acceptors (Lipinski definition) is 3. The third kappa shape index (κ3) is 4.64. The average molecular weight is 378 g/mol. The molecular weight excluding hydrogens is 342 g/mol. The fourth-order valence-electron chi connectivity index (χ4n) is 5.08. The topological polar surface area (TPSA) is 60.9 Å². The number of piperidine rings is 3. The number of carbonyl (C=O) groups excluding carboxylic acids is 3. The molecule has 1 spiro atoms. The summed E-state index contributed by atoms with van der Waals surface area (Å²) in [5.41, 5.74) is 0.0929. The average Bonchev–Trinajstić information content (AvgIpc) is 2.68. The molecule has 0 aromatic rings. The molecule has 3 amide bonds. The van der Waals surface area contributed by atoms with E-state index in [1.165, 1.54) is 0 Å². The van der Waals surface area contributed by atoms with Gasteiger partial charge < -0.3 is 14.7 Å². The maximum Gasteiger partial charge on any atom is 0.225 e. The van der Waals surface area contributed by atoms with Crippen molar-refractivity contribution in [2.45, 2.75) is 65.2 Å². The quantitative estimate of drug-likeness (QED) is 0.755. The van der Waals surface area contributed by atoms with Gasteiger partial charge in [0.15, 0.2) is 0 Å². The molecule has 3 rings (SSSR count). The Morgan fingerprint density at radius 1 is 1.07 bits per heavy atom. The van der Waals surface area contributed by atoms with E-state index >= 15 is 0 Å². The van der Waals surface area contributed by atoms with E-state index in [2.05, 4.69) is 11.8 Å². The van der Waals surface area contributed by atoms with Gasteiger partial charge in [0.1, 0.15) is 0 Å². The Kier molecular flexibility index (Phi) is 6.43. The second-order valence-electron chi connectivity index (χ2n) is 8.81. The molecule has 0 aromatic heterocycles. The highest BCUT2D eigenvalue weighted by Crippen LogP contribution is 2.39. The van der Waals surface area contributed by atoms with Crippen molar-refractivity contribution in [3.63, 3.8) is 0 Å². The standard InChI is InChI=1S/C21H35N3O3/c1-3-4-11-23-15-21(10-6-19(23)26)9-5-12-24(16-21)20(27)18-7-13-22(14-8-18)17(2)25/h18H,3-16H2,1-2H3. The summed E-state index contributed by atoms with van der Waals surface area (Å²) in [5.74, 6) is 0.720. The van der Waals surface area contributed by atoms with Gasteiger partial charge in [-0.3, -0.25) is 14.4 Å². The molecule has 6 nitrogen and oxygen atoms in total. The van der Waals surface area contributed by atoms with Gasteiger partial charge in [0.2, 0.25) is 17.7 Å². The van der Waals surface area contributed by atoms with Crippen LogP contribution in [0.1, 0.15) is 65.2 Å². The van der Waals surface area contributed by atoms with Crippen molar-refractivity contribution in [2.24, 2.45) is 11.3 Å². The SMILES string of the molecule is CCCCN1CC2(CCCN(C(=O)C3CCN(C(C)=O)CC3)C2)CCC1=O. The predicted octanol–water partition coefficient (Wildman–Crippen LogP) is 2.28. The molecule has 152 valence electrons. The molecule has 0 aliphatic carbocycles. The fourth-order valence-corrected chi connectivity index (χ4v) is 5.08. The fraction of sp³-hybridized carbons (Fsp3) is 0.857. The van der Waals surface area contributed by atoms with Crippen LogP contribution < -0.4 is 0 Å². The molecular formula is C21H35N3O3. The summed E-state index contributed by atoms with van der Waals surface area (Å²) < 4.78 is 0. The predicted molar refractivity (Wildman–Crippen MR) is 104 cm³/mol. The molecule has 0 N–H and O–H groups in total. The Morgan fingerprint density at radius 3 is 2.48 bits per heavy atom. The van der Waals surface area contributed by atoms with E-state index < -0.39 is 0 Å². The van der Waals surface area contributed by atoms with Crippen LogP contribution in [0, 0.1) is 11.3 Å². The smallest absolute Gasteiger partial charge is 0.225 e. The Balaban J connectivity index is 1.59. The molecule has 3 saturated heterocycles. The molecule has 1 unspecified atom stereocenters. The minimum absolute atomic E-state index is 0.0529. The Morgan fingerprint density at radius 2 is 1.81 bits per heavy atom. The zero-order chi connectivity index (χ0) is 19.4. The van der Waals surface area contributed by atoms with Gasteiger partial charge in [-0.2, -0.15) is 0 Å². The van der Waals surface area contributed by atoms with Crippen molar-refractivity contribution < 1.29 is 14.4 Å². The van der Waals surface area contributed by atoms with Gasteiger partial charge in [-0.15, -0.1) is 0 Å². The Hall–Kier alpha value is -1.59. The summed E-state index contributed by atoms with van der Waals surface area (Å²) in [6.45, 7) is 8.47. The van der Waals surface area contributed by atoms with Gasteiger partial charge in [0.05, 0.1) is 0 Å². The van der Waals surface area contributed by atoms with Gasteiger partial charge in [0, 0.05) is 63.9 Å². The van der Waals surface area contributed by atoms with Crippen LogP contribution in [0.2, 0.25) is 0 Å². The number of nitrogens with zero attached hydrogens (tertiary/aromatic N) is 3. The van der Waals surface area contributed by atoms with Crippen LogP contribution >= 0.6 is 0 Å². The van der Waals surface area contributed by atoms with E-state index in [0.717, 1.165) is 71.1 Å². The zero-order valence-electron chi connectivity index (χ0n) is 17.0. The lowest BCUT2D eigenvalue weighted by molar-refractivity contribution is -0.147. The van der Waals surface area contributed by atoms with E-state index in [-0.39, 0.29) is 29.1 Å². The highest BCUT2D eigenvalue weighted by molar-refractivity contribution is 5.80. The van der Waals surface area contributed by atoms with E-state index in [1.807, 2.05) is 9.80 Å². The van der Waals surface area contributed by atoms with Crippen molar-refractivity contribution in [1.29, 1.82) is 0 Å². The Bertz CT molecular complexity index is 571. The lowest BCUT2D eigenvalue weighted by Gasteiger charge is -2.49. The first kappa shape index (κ1) is 20.2. The van der Waals surface area contributed by atoms with E-state index in [0.29, 0.717) is 19.5 Å². The minimum atomic E-state index is 0.0529. The molecule has 3 heterocycles. The summed E-state index contributed by atoms with van der Waals surface area (Å²) in [7, 11) is 0. The van der Waals surface area contributed by atoms with E-state index in [1.54, 1.807) is 6.92 Å². The molecule has 3 aliphatic heterocycles. The number of amides is 3. The van der Waals surface area contributed by atoms with Gasteiger partial charge in [-0.25, -0.2) is 0 Å². The largest absolute Gasteiger partial charge is 0.343 e. The molecule has 0 radical (unpaired) electrons. The molecule has 0 bridgehead atoms. The second-order valence-corrected chi connectivity index (χ2v) is 8.81. The van der Waals surface area contributed by atoms with Crippen LogP contribution in [0.3, 0.4) is 0 Å². The van der Waals surface area contributed by atoms with E-state index in [4.69, 9.17) is 0 Å². The highest BCUT2D eigenvalue weighted by Gasteiger charge is 2.43. The maximum absolute atomic E-state index is 13.1. The Labute approximate surface area is 163 Å². The molecule has 27 heavy (non-hydrogen) atoms. The van der Waals surface area contributed by atoms with Crippen LogP contribution in [0.5, 0.6) is 0 Å². The molecule has 3 fully saturated rings. The molecule has 6 heteroatoms. The monoisotopic (exact) mass is 377 g/mol. The number of rotatable bonds is 4. The lowest BCUT2D eigenvalue weighted by Crippen LogP contribution is -2.56. The lowest BCUT2D eigenvalue weighted by atomic mass is 9.73. The van der Waals surface area contributed by atoms with Gasteiger partial charge in [-0.05, 0) is 38.5 Å².